The maximum Gasteiger partial charge on any atom is 0.248 e. The molecule has 1 aromatic carbocycles. The molecule has 0 radical (unpaired) electrons. The van der Waals surface area contributed by atoms with Gasteiger partial charge in [0.05, 0.1) is 18.4 Å². The highest BCUT2D eigenvalue weighted by atomic mass is 16.5. The number of rotatable bonds is 4. The standard InChI is InChI=1S/C14H12N4O3/c1-20-12-5-9(13(17)19)2-3-11(12)21-14-10(16)4-8(6-15)7-18-14/h2-5,7H,16H2,1H3,(H2,17,19). The second-order valence-corrected chi connectivity index (χ2v) is 4.06. The normalized spacial score (nSPS) is 9.71. The van der Waals surface area contributed by atoms with Gasteiger partial charge < -0.3 is 20.9 Å². The summed E-state index contributed by atoms with van der Waals surface area (Å²) in [6, 6.07) is 7.86. The molecular weight excluding hydrogens is 272 g/mol. The van der Waals surface area contributed by atoms with Crippen LogP contribution in [-0.4, -0.2) is 18.0 Å². The van der Waals surface area contributed by atoms with Gasteiger partial charge in [0.25, 0.3) is 0 Å². The average molecular weight is 284 g/mol. The Labute approximate surface area is 120 Å². The highest BCUT2D eigenvalue weighted by Gasteiger charge is 2.12. The number of pyridine rings is 1. The number of carbonyl (C=O) groups is 1. The molecule has 2 aromatic rings. The Morgan fingerprint density at radius 1 is 1.33 bits per heavy atom. The number of methoxy groups -OCH3 is 1. The average Bonchev–Trinajstić information content (AvgIpc) is 2.49. The van der Waals surface area contributed by atoms with Gasteiger partial charge in [-0.05, 0) is 24.3 Å². The van der Waals surface area contributed by atoms with Crippen LogP contribution in [0.2, 0.25) is 0 Å². The number of nitrogen functional groups attached to an aromatic ring is 1. The molecule has 2 rings (SSSR count). The molecule has 0 fully saturated rings. The smallest absolute Gasteiger partial charge is 0.248 e. The SMILES string of the molecule is COc1cc(C(N)=O)ccc1Oc1ncc(C#N)cc1N. The van der Waals surface area contributed by atoms with Gasteiger partial charge in [0.2, 0.25) is 11.8 Å². The van der Waals surface area contributed by atoms with Crippen molar-refractivity contribution in [1.29, 1.82) is 5.26 Å². The van der Waals surface area contributed by atoms with E-state index in [4.69, 9.17) is 26.2 Å². The lowest BCUT2D eigenvalue weighted by Gasteiger charge is -2.11. The molecule has 0 aliphatic heterocycles. The molecular formula is C14H12N4O3. The van der Waals surface area contributed by atoms with Gasteiger partial charge in [-0.15, -0.1) is 0 Å². The number of ether oxygens (including phenoxy) is 2. The van der Waals surface area contributed by atoms with Gasteiger partial charge in [-0.1, -0.05) is 0 Å². The zero-order valence-corrected chi connectivity index (χ0v) is 11.2. The van der Waals surface area contributed by atoms with Crippen LogP contribution in [-0.2, 0) is 0 Å². The third-order valence-corrected chi connectivity index (χ3v) is 2.66. The summed E-state index contributed by atoms with van der Waals surface area (Å²) in [5.41, 5.74) is 11.8. The molecule has 0 atom stereocenters. The largest absolute Gasteiger partial charge is 0.493 e. The molecule has 4 N–H and O–H groups in total. The van der Waals surface area contributed by atoms with Gasteiger partial charge in [-0.2, -0.15) is 5.26 Å². The van der Waals surface area contributed by atoms with Crippen LogP contribution in [0.15, 0.2) is 30.5 Å². The number of nitrogens with zero attached hydrogens (tertiary/aromatic N) is 2. The molecule has 0 saturated carbocycles. The maximum absolute atomic E-state index is 11.1. The molecule has 7 heteroatoms. The summed E-state index contributed by atoms with van der Waals surface area (Å²) in [7, 11) is 1.43. The maximum atomic E-state index is 11.1. The zero-order chi connectivity index (χ0) is 15.4. The van der Waals surface area contributed by atoms with Gasteiger partial charge in [0, 0.05) is 11.8 Å². The number of primary amides is 1. The number of benzene rings is 1. The van der Waals surface area contributed by atoms with Crippen LogP contribution in [0.1, 0.15) is 15.9 Å². The van der Waals surface area contributed by atoms with Crippen molar-refractivity contribution < 1.29 is 14.3 Å². The predicted octanol–water partition coefficient (Wildman–Crippen LogP) is 1.44. The Balaban J connectivity index is 2.35. The molecule has 21 heavy (non-hydrogen) atoms. The molecule has 0 saturated heterocycles. The first-order valence-corrected chi connectivity index (χ1v) is 5.86. The Hall–Kier alpha value is -3.27. The molecule has 0 unspecified atom stereocenters. The predicted molar refractivity (Wildman–Crippen MR) is 75.0 cm³/mol. The molecule has 0 spiro atoms. The van der Waals surface area contributed by atoms with Gasteiger partial charge >= 0.3 is 0 Å². The number of amides is 1. The quantitative estimate of drug-likeness (QED) is 0.875. The molecule has 1 amide bonds. The van der Waals surface area contributed by atoms with Gasteiger partial charge in [0.15, 0.2) is 11.5 Å². The van der Waals surface area contributed by atoms with Crippen LogP contribution in [0.5, 0.6) is 17.4 Å². The number of nitrogens with two attached hydrogens (primary N) is 2. The minimum atomic E-state index is -0.573. The molecule has 7 nitrogen and oxygen atoms in total. The van der Waals surface area contributed by atoms with E-state index in [1.165, 1.54) is 37.6 Å². The number of hydrogen-bond acceptors (Lipinski definition) is 6. The first kappa shape index (κ1) is 14.1. The van der Waals surface area contributed by atoms with E-state index in [9.17, 15) is 4.79 Å². The fraction of sp³-hybridized carbons (Fsp3) is 0.0714. The lowest BCUT2D eigenvalue weighted by molar-refractivity contribution is 0.1000. The van der Waals surface area contributed by atoms with E-state index in [1.807, 2.05) is 6.07 Å². The summed E-state index contributed by atoms with van der Waals surface area (Å²) in [6.07, 6.45) is 1.34. The van der Waals surface area contributed by atoms with E-state index in [0.29, 0.717) is 22.6 Å². The topological polar surface area (TPSA) is 124 Å². The number of nitriles is 1. The molecule has 0 bridgehead atoms. The minimum Gasteiger partial charge on any atom is -0.493 e. The molecule has 1 heterocycles. The van der Waals surface area contributed by atoms with E-state index in [-0.39, 0.29) is 11.6 Å². The summed E-state index contributed by atoms with van der Waals surface area (Å²) < 4.78 is 10.7. The van der Waals surface area contributed by atoms with E-state index in [1.54, 1.807) is 0 Å². The van der Waals surface area contributed by atoms with Crippen LogP contribution < -0.4 is 20.9 Å². The fourth-order valence-electron chi connectivity index (χ4n) is 1.62. The third kappa shape index (κ3) is 3.01. The molecule has 0 aliphatic rings. The van der Waals surface area contributed by atoms with Crippen molar-refractivity contribution in [2.75, 3.05) is 12.8 Å². The lowest BCUT2D eigenvalue weighted by atomic mass is 10.2. The number of aromatic nitrogens is 1. The lowest BCUT2D eigenvalue weighted by Crippen LogP contribution is -2.11. The second kappa shape index (κ2) is 5.79. The Bertz CT molecular complexity index is 737. The zero-order valence-electron chi connectivity index (χ0n) is 11.2. The highest BCUT2D eigenvalue weighted by Crippen LogP contribution is 2.33. The number of anilines is 1. The van der Waals surface area contributed by atoms with Crippen molar-refractivity contribution >= 4 is 11.6 Å². The van der Waals surface area contributed by atoms with Gasteiger partial charge in [0.1, 0.15) is 6.07 Å². The molecule has 1 aromatic heterocycles. The van der Waals surface area contributed by atoms with E-state index < -0.39 is 5.91 Å². The van der Waals surface area contributed by atoms with Crippen LogP contribution in [0.25, 0.3) is 0 Å². The summed E-state index contributed by atoms with van der Waals surface area (Å²) in [6.45, 7) is 0. The molecule has 106 valence electrons. The summed E-state index contributed by atoms with van der Waals surface area (Å²) in [5.74, 6) is 0.207. The number of carbonyl (C=O) groups excluding carboxylic acids is 1. The van der Waals surface area contributed by atoms with Crippen LogP contribution in [0.4, 0.5) is 5.69 Å². The van der Waals surface area contributed by atoms with Gasteiger partial charge in [-0.25, -0.2) is 4.98 Å². The van der Waals surface area contributed by atoms with Crippen LogP contribution >= 0.6 is 0 Å². The second-order valence-electron chi connectivity index (χ2n) is 4.06. The first-order valence-electron chi connectivity index (χ1n) is 5.86. The first-order chi connectivity index (χ1) is 10.0. The fourth-order valence-corrected chi connectivity index (χ4v) is 1.62. The third-order valence-electron chi connectivity index (χ3n) is 2.66. The van der Waals surface area contributed by atoms with Crippen LogP contribution in [0.3, 0.4) is 0 Å². The summed E-state index contributed by atoms with van der Waals surface area (Å²) in [4.78, 5) is 15.1. The van der Waals surface area contributed by atoms with Crippen molar-refractivity contribution in [3.8, 4) is 23.4 Å². The van der Waals surface area contributed by atoms with E-state index >= 15 is 0 Å². The van der Waals surface area contributed by atoms with Crippen molar-refractivity contribution in [3.05, 3.63) is 41.6 Å². The molecule has 0 aliphatic carbocycles. The van der Waals surface area contributed by atoms with E-state index in [0.717, 1.165) is 0 Å². The highest BCUT2D eigenvalue weighted by molar-refractivity contribution is 5.93. The summed E-state index contributed by atoms with van der Waals surface area (Å²) >= 11 is 0. The minimum absolute atomic E-state index is 0.138. The summed E-state index contributed by atoms with van der Waals surface area (Å²) in [5, 5.41) is 8.76. The van der Waals surface area contributed by atoms with Crippen molar-refractivity contribution in [3.63, 3.8) is 0 Å². The van der Waals surface area contributed by atoms with Crippen LogP contribution in [0, 0.1) is 11.3 Å². The number of hydrogen-bond donors (Lipinski definition) is 2. The van der Waals surface area contributed by atoms with Crippen molar-refractivity contribution in [2.45, 2.75) is 0 Å². The van der Waals surface area contributed by atoms with Crippen molar-refractivity contribution in [1.82, 2.24) is 4.98 Å². The Morgan fingerprint density at radius 3 is 2.67 bits per heavy atom. The Kier molecular flexibility index (Phi) is 3.90. The monoisotopic (exact) mass is 284 g/mol. The van der Waals surface area contributed by atoms with Crippen molar-refractivity contribution in [2.24, 2.45) is 5.73 Å². The van der Waals surface area contributed by atoms with Gasteiger partial charge in [-0.3, -0.25) is 4.79 Å². The van der Waals surface area contributed by atoms with E-state index in [2.05, 4.69) is 4.98 Å². The Morgan fingerprint density at radius 2 is 2.10 bits per heavy atom.